The zero-order valence-electron chi connectivity index (χ0n) is 15.5. The van der Waals surface area contributed by atoms with Crippen molar-refractivity contribution >= 4 is 22.2 Å². The highest BCUT2D eigenvalue weighted by Gasteiger charge is 2.48. The molecule has 0 radical (unpaired) electrons. The highest BCUT2D eigenvalue weighted by molar-refractivity contribution is 7.88. The summed E-state index contributed by atoms with van der Waals surface area (Å²) in [4.78, 5) is 23.7. The Hall–Kier alpha value is -2.50. The van der Waals surface area contributed by atoms with E-state index in [-0.39, 0.29) is 6.42 Å². The number of carbonyl (C=O) groups excluding carboxylic acids is 2. The molecule has 8 nitrogen and oxygen atoms in total. The van der Waals surface area contributed by atoms with Crippen molar-refractivity contribution in [2.75, 3.05) is 7.11 Å². The van der Waals surface area contributed by atoms with Crippen molar-refractivity contribution in [3.8, 4) is 5.75 Å². The Labute approximate surface area is 160 Å². The molecule has 0 aliphatic carbocycles. The first-order chi connectivity index (χ1) is 12.6. The predicted molar refractivity (Wildman–Crippen MR) is 90.9 cm³/mol. The van der Waals surface area contributed by atoms with Gasteiger partial charge in [0.2, 0.25) is 0 Å². The van der Waals surface area contributed by atoms with Crippen LogP contribution in [0, 0.1) is 0 Å². The molecule has 0 saturated carbocycles. The lowest BCUT2D eigenvalue weighted by Crippen LogP contribution is -2.45. The van der Waals surface area contributed by atoms with Gasteiger partial charge in [-0.25, -0.2) is 9.59 Å². The zero-order valence-corrected chi connectivity index (χ0v) is 16.3. The van der Waals surface area contributed by atoms with Crippen LogP contribution in [0.5, 0.6) is 5.75 Å². The van der Waals surface area contributed by atoms with Gasteiger partial charge in [-0.2, -0.15) is 21.6 Å². The second kappa shape index (κ2) is 8.67. The predicted octanol–water partition coefficient (Wildman–Crippen LogP) is 2.52. The molecule has 0 saturated heterocycles. The molecule has 0 aromatic heterocycles. The van der Waals surface area contributed by atoms with Gasteiger partial charge in [-0.05, 0) is 38.5 Å². The van der Waals surface area contributed by atoms with E-state index in [1.165, 1.54) is 12.1 Å². The monoisotopic (exact) mass is 427 g/mol. The molecule has 1 aromatic rings. The fourth-order valence-electron chi connectivity index (χ4n) is 1.88. The first-order valence-corrected chi connectivity index (χ1v) is 9.22. The summed E-state index contributed by atoms with van der Waals surface area (Å²) in [5, 5.41) is 2.33. The maximum absolute atomic E-state index is 12.3. The largest absolute Gasteiger partial charge is 0.534 e. The van der Waals surface area contributed by atoms with Crippen LogP contribution in [0.25, 0.3) is 0 Å². The van der Waals surface area contributed by atoms with E-state index in [0.29, 0.717) is 5.56 Å². The molecule has 1 atom stereocenters. The minimum atomic E-state index is -5.79. The number of halogens is 3. The molecule has 1 rings (SSSR count). The van der Waals surface area contributed by atoms with Crippen molar-refractivity contribution in [3.63, 3.8) is 0 Å². The number of hydrogen-bond donors (Lipinski definition) is 1. The first kappa shape index (κ1) is 23.5. The van der Waals surface area contributed by atoms with Crippen LogP contribution in [-0.4, -0.2) is 44.7 Å². The van der Waals surface area contributed by atoms with Crippen LogP contribution < -0.4 is 9.50 Å². The smallest absolute Gasteiger partial charge is 0.467 e. The van der Waals surface area contributed by atoms with Gasteiger partial charge in [0.15, 0.2) is 0 Å². The number of methoxy groups -OCH3 is 1. The summed E-state index contributed by atoms with van der Waals surface area (Å²) in [6.45, 7) is 4.90. The third-order valence-electron chi connectivity index (χ3n) is 3.03. The Morgan fingerprint density at radius 3 is 2.07 bits per heavy atom. The Balaban J connectivity index is 2.88. The van der Waals surface area contributed by atoms with Crippen LogP contribution in [0.3, 0.4) is 0 Å². The summed E-state index contributed by atoms with van der Waals surface area (Å²) < 4.78 is 72.6. The highest BCUT2D eigenvalue weighted by atomic mass is 32.2. The van der Waals surface area contributed by atoms with E-state index in [2.05, 4.69) is 14.2 Å². The van der Waals surface area contributed by atoms with Crippen LogP contribution >= 0.6 is 0 Å². The fourth-order valence-corrected chi connectivity index (χ4v) is 2.34. The fraction of sp³-hybridized carbons (Fsp3) is 0.500. The van der Waals surface area contributed by atoms with E-state index in [9.17, 15) is 31.2 Å². The lowest BCUT2D eigenvalue weighted by molar-refractivity contribution is -0.143. The molecule has 1 N–H and O–H groups in total. The third-order valence-corrected chi connectivity index (χ3v) is 4.01. The van der Waals surface area contributed by atoms with E-state index in [4.69, 9.17) is 4.74 Å². The molecule has 1 unspecified atom stereocenters. The van der Waals surface area contributed by atoms with Crippen LogP contribution in [-0.2, 0) is 30.8 Å². The molecule has 28 heavy (non-hydrogen) atoms. The Morgan fingerprint density at radius 2 is 1.64 bits per heavy atom. The number of amides is 1. The molecular weight excluding hydrogens is 407 g/mol. The molecule has 158 valence electrons. The molecule has 12 heteroatoms. The molecule has 1 amide bonds. The summed E-state index contributed by atoms with van der Waals surface area (Å²) in [5.74, 6) is -1.33. The van der Waals surface area contributed by atoms with Crippen LogP contribution in [0.2, 0.25) is 0 Å². The number of carbonyl (C=O) groups is 2. The minimum absolute atomic E-state index is 0.0851. The summed E-state index contributed by atoms with van der Waals surface area (Å²) >= 11 is 0. The number of alkyl carbamates (subject to hydrolysis) is 1. The number of alkyl halides is 3. The van der Waals surface area contributed by atoms with Gasteiger partial charge >= 0.3 is 27.7 Å². The summed E-state index contributed by atoms with van der Waals surface area (Å²) in [7, 11) is -4.67. The summed E-state index contributed by atoms with van der Waals surface area (Å²) in [6.07, 6.45) is -0.947. The standard InChI is InChI=1S/C16H20F3NO7S/c1-15(2,3)26-14(22)20-12(13(21)25-4)9-10-5-7-11(8-6-10)27-28(23,24)16(17,18)19/h5-8,12H,9H2,1-4H3,(H,20,22). The average Bonchev–Trinajstić information content (AvgIpc) is 2.52. The maximum atomic E-state index is 12.3. The van der Waals surface area contributed by atoms with Crippen LogP contribution in [0.1, 0.15) is 26.3 Å². The Kier molecular flexibility index (Phi) is 7.29. The summed E-state index contributed by atoms with van der Waals surface area (Å²) in [6, 6.07) is 3.33. The van der Waals surface area contributed by atoms with E-state index in [0.717, 1.165) is 19.2 Å². The van der Waals surface area contributed by atoms with Gasteiger partial charge in [0.05, 0.1) is 7.11 Å². The first-order valence-electron chi connectivity index (χ1n) is 7.81. The van der Waals surface area contributed by atoms with Gasteiger partial charge in [0.25, 0.3) is 0 Å². The van der Waals surface area contributed by atoms with Gasteiger partial charge in [-0.3, -0.25) is 0 Å². The molecule has 0 aliphatic rings. The second-order valence-corrected chi connectivity index (χ2v) is 8.09. The van der Waals surface area contributed by atoms with Crippen LogP contribution in [0.15, 0.2) is 24.3 Å². The normalized spacial score (nSPS) is 13.4. The molecular formula is C16H20F3NO7S. The van der Waals surface area contributed by atoms with E-state index in [1.807, 2.05) is 0 Å². The minimum Gasteiger partial charge on any atom is -0.467 e. The van der Waals surface area contributed by atoms with E-state index in [1.54, 1.807) is 20.8 Å². The van der Waals surface area contributed by atoms with Crippen molar-refractivity contribution < 1.29 is 44.8 Å². The SMILES string of the molecule is COC(=O)C(Cc1ccc(OS(=O)(=O)C(F)(F)F)cc1)NC(=O)OC(C)(C)C. The molecule has 0 aliphatic heterocycles. The maximum Gasteiger partial charge on any atom is 0.534 e. The molecule has 1 aromatic carbocycles. The van der Waals surface area contributed by atoms with E-state index >= 15 is 0 Å². The van der Waals surface area contributed by atoms with Crippen LogP contribution in [0.4, 0.5) is 18.0 Å². The van der Waals surface area contributed by atoms with Crippen molar-refractivity contribution in [2.24, 2.45) is 0 Å². The molecule has 0 heterocycles. The second-order valence-electron chi connectivity index (χ2n) is 6.55. The topological polar surface area (TPSA) is 108 Å². The number of benzene rings is 1. The molecule has 0 bridgehead atoms. The zero-order chi connectivity index (χ0) is 21.8. The average molecular weight is 427 g/mol. The van der Waals surface area contributed by atoms with Gasteiger partial charge in [-0.15, -0.1) is 0 Å². The van der Waals surface area contributed by atoms with Gasteiger partial charge in [-0.1, -0.05) is 12.1 Å². The number of rotatable bonds is 6. The number of hydrogen-bond acceptors (Lipinski definition) is 7. The number of nitrogens with one attached hydrogen (secondary N) is 1. The van der Waals surface area contributed by atoms with Crippen molar-refractivity contribution in [1.29, 1.82) is 0 Å². The highest BCUT2D eigenvalue weighted by Crippen LogP contribution is 2.27. The van der Waals surface area contributed by atoms with Gasteiger partial charge < -0.3 is 19.0 Å². The van der Waals surface area contributed by atoms with Gasteiger partial charge in [0.1, 0.15) is 17.4 Å². The number of esters is 1. The van der Waals surface area contributed by atoms with Crippen molar-refractivity contribution in [1.82, 2.24) is 5.32 Å². The lowest BCUT2D eigenvalue weighted by atomic mass is 10.1. The van der Waals surface area contributed by atoms with Gasteiger partial charge in [0, 0.05) is 6.42 Å². The van der Waals surface area contributed by atoms with E-state index < -0.39 is 45.1 Å². The number of ether oxygens (including phenoxy) is 2. The van der Waals surface area contributed by atoms with Crippen molar-refractivity contribution in [2.45, 2.75) is 44.3 Å². The Bertz CT molecular complexity index is 799. The molecule has 0 fully saturated rings. The summed E-state index contributed by atoms with van der Waals surface area (Å²) in [5.41, 5.74) is -5.96. The lowest BCUT2D eigenvalue weighted by Gasteiger charge is -2.22. The third kappa shape index (κ3) is 7.25. The Morgan fingerprint density at radius 1 is 1.11 bits per heavy atom. The van der Waals surface area contributed by atoms with Crippen molar-refractivity contribution in [3.05, 3.63) is 29.8 Å². The quantitative estimate of drug-likeness (QED) is 0.422. The molecule has 0 spiro atoms.